The third kappa shape index (κ3) is 3.22. The van der Waals surface area contributed by atoms with Gasteiger partial charge in [-0.1, -0.05) is 22.9 Å². The summed E-state index contributed by atoms with van der Waals surface area (Å²) in [5.41, 5.74) is -1.54. The third-order valence-electron chi connectivity index (χ3n) is 3.83. The summed E-state index contributed by atoms with van der Waals surface area (Å²) >= 11 is 3.30. The molecule has 1 aromatic rings. The highest BCUT2D eigenvalue weighted by Crippen LogP contribution is 2.32. The van der Waals surface area contributed by atoms with Crippen LogP contribution in [0.3, 0.4) is 0 Å². The number of halogens is 5. The molecule has 2 atom stereocenters. The maximum atomic E-state index is 13.8. The number of nitrogens with zero attached hydrogens (tertiary/aromatic N) is 1. The van der Waals surface area contributed by atoms with Crippen molar-refractivity contribution in [3.8, 4) is 0 Å². The fourth-order valence-corrected chi connectivity index (χ4v) is 3.50. The lowest BCUT2D eigenvalue weighted by atomic mass is 10.0. The number of carbonyl (C=O) groups excluding carboxylic acids is 1. The van der Waals surface area contributed by atoms with E-state index in [1.807, 2.05) is 6.92 Å². The molecule has 0 aromatic heterocycles. The van der Waals surface area contributed by atoms with Crippen LogP contribution < -0.4 is 0 Å². The van der Waals surface area contributed by atoms with Gasteiger partial charge >= 0.3 is 6.18 Å². The molecule has 0 saturated carbocycles. The van der Waals surface area contributed by atoms with E-state index < -0.39 is 29.0 Å². The normalized spacial score (nSPS) is 22.7. The van der Waals surface area contributed by atoms with Crippen LogP contribution in [0.5, 0.6) is 0 Å². The molecule has 0 aliphatic carbocycles. The predicted molar refractivity (Wildman–Crippen MR) is 73.8 cm³/mol. The summed E-state index contributed by atoms with van der Waals surface area (Å²) in [5.74, 6) is -1.39. The minimum absolute atomic E-state index is 0.133. The SMILES string of the molecule is CC1CCN(C(=O)c2cc(C(F)(F)F)ccc2F)C1CBr. The Morgan fingerprint density at radius 2 is 2.10 bits per heavy atom. The fourth-order valence-electron chi connectivity index (χ4n) is 2.52. The van der Waals surface area contributed by atoms with Gasteiger partial charge in [-0.15, -0.1) is 0 Å². The molecule has 2 unspecified atom stereocenters. The molecule has 2 rings (SSSR count). The van der Waals surface area contributed by atoms with Crippen LogP contribution in [0.4, 0.5) is 17.6 Å². The Labute approximate surface area is 128 Å². The number of likely N-dealkylation sites (tertiary alicyclic amines) is 1. The van der Waals surface area contributed by atoms with E-state index in [4.69, 9.17) is 0 Å². The van der Waals surface area contributed by atoms with Gasteiger partial charge in [-0.3, -0.25) is 4.79 Å². The smallest absolute Gasteiger partial charge is 0.334 e. The standard InChI is InChI=1S/C14H14BrF4NO/c1-8-4-5-20(12(8)7-15)13(21)10-6-9(14(17,18)19)2-3-11(10)16/h2-3,6,8,12H,4-5,7H2,1H3. The van der Waals surface area contributed by atoms with Crippen LogP contribution in [0.1, 0.15) is 29.3 Å². The molecule has 116 valence electrons. The highest BCUT2D eigenvalue weighted by Gasteiger charge is 2.37. The predicted octanol–water partition coefficient (Wildman–Crippen LogP) is 4.09. The molecule has 0 radical (unpaired) electrons. The largest absolute Gasteiger partial charge is 0.416 e. The topological polar surface area (TPSA) is 20.3 Å². The zero-order valence-corrected chi connectivity index (χ0v) is 12.8. The average Bonchev–Trinajstić information content (AvgIpc) is 2.78. The van der Waals surface area contributed by atoms with E-state index in [1.54, 1.807) is 0 Å². The van der Waals surface area contributed by atoms with E-state index >= 15 is 0 Å². The van der Waals surface area contributed by atoms with E-state index in [2.05, 4.69) is 15.9 Å². The Hall–Kier alpha value is -1.11. The number of amides is 1. The van der Waals surface area contributed by atoms with E-state index in [0.717, 1.165) is 6.42 Å². The number of benzene rings is 1. The first-order chi connectivity index (χ1) is 9.75. The Bertz CT molecular complexity index is 546. The molecule has 0 spiro atoms. The summed E-state index contributed by atoms with van der Waals surface area (Å²) in [6.45, 7) is 2.38. The maximum absolute atomic E-state index is 13.8. The summed E-state index contributed by atoms with van der Waals surface area (Å²) in [5, 5.41) is 0.514. The van der Waals surface area contributed by atoms with Gasteiger partial charge in [0.25, 0.3) is 5.91 Å². The molecule has 7 heteroatoms. The lowest BCUT2D eigenvalue weighted by Crippen LogP contribution is -2.39. The van der Waals surface area contributed by atoms with Crippen LogP contribution in [0.15, 0.2) is 18.2 Å². The molecule has 1 heterocycles. The molecule has 1 saturated heterocycles. The van der Waals surface area contributed by atoms with E-state index in [0.29, 0.717) is 30.1 Å². The first-order valence-electron chi connectivity index (χ1n) is 6.49. The molecular weight excluding hydrogens is 354 g/mol. The van der Waals surface area contributed by atoms with Crippen LogP contribution in [0.2, 0.25) is 0 Å². The Kier molecular flexibility index (Phi) is 4.60. The minimum atomic E-state index is -4.60. The van der Waals surface area contributed by atoms with E-state index in [9.17, 15) is 22.4 Å². The van der Waals surface area contributed by atoms with Gasteiger partial charge in [0.05, 0.1) is 11.1 Å². The van der Waals surface area contributed by atoms with Crippen LogP contribution in [0.25, 0.3) is 0 Å². The first kappa shape index (κ1) is 16.3. The molecule has 0 bridgehead atoms. The molecule has 1 aliphatic rings. The number of rotatable bonds is 2. The Morgan fingerprint density at radius 3 is 2.67 bits per heavy atom. The summed E-state index contributed by atoms with van der Waals surface area (Å²) in [4.78, 5) is 13.8. The van der Waals surface area contributed by atoms with Crippen LogP contribution in [0, 0.1) is 11.7 Å². The van der Waals surface area contributed by atoms with Crippen molar-refractivity contribution in [2.75, 3.05) is 11.9 Å². The summed E-state index contributed by atoms with van der Waals surface area (Å²) in [6.07, 6.45) is -3.85. The van der Waals surface area contributed by atoms with E-state index in [1.165, 1.54) is 4.90 Å². The highest BCUT2D eigenvalue weighted by molar-refractivity contribution is 9.09. The molecular formula is C14H14BrF4NO. The van der Waals surface area contributed by atoms with Crippen molar-refractivity contribution in [2.24, 2.45) is 5.92 Å². The number of hydrogen-bond donors (Lipinski definition) is 0. The van der Waals surface area contributed by atoms with Crippen LogP contribution in [-0.2, 0) is 6.18 Å². The van der Waals surface area contributed by atoms with Crippen molar-refractivity contribution in [3.63, 3.8) is 0 Å². The van der Waals surface area contributed by atoms with Gasteiger partial charge in [-0.25, -0.2) is 4.39 Å². The van der Waals surface area contributed by atoms with Crippen molar-refractivity contribution in [3.05, 3.63) is 35.1 Å². The monoisotopic (exact) mass is 367 g/mol. The number of alkyl halides is 4. The van der Waals surface area contributed by atoms with Crippen LogP contribution in [-0.4, -0.2) is 28.7 Å². The molecule has 21 heavy (non-hydrogen) atoms. The van der Waals surface area contributed by atoms with Gasteiger partial charge in [-0.2, -0.15) is 13.2 Å². The second-order valence-corrected chi connectivity index (χ2v) is 5.83. The van der Waals surface area contributed by atoms with Crippen molar-refractivity contribution < 1.29 is 22.4 Å². The fraction of sp³-hybridized carbons (Fsp3) is 0.500. The second kappa shape index (κ2) is 5.94. The van der Waals surface area contributed by atoms with Crippen LogP contribution >= 0.6 is 15.9 Å². The first-order valence-corrected chi connectivity index (χ1v) is 7.61. The molecule has 1 fully saturated rings. The highest BCUT2D eigenvalue weighted by atomic mass is 79.9. The Balaban J connectivity index is 2.35. The van der Waals surface area contributed by atoms with Gasteiger partial charge in [0.15, 0.2) is 0 Å². The summed E-state index contributed by atoms with van der Waals surface area (Å²) in [6, 6.07) is 1.79. The molecule has 0 N–H and O–H groups in total. The number of hydrogen-bond acceptors (Lipinski definition) is 1. The minimum Gasteiger partial charge on any atom is -0.334 e. The van der Waals surface area contributed by atoms with E-state index in [-0.39, 0.29) is 12.0 Å². The lowest BCUT2D eigenvalue weighted by molar-refractivity contribution is -0.137. The van der Waals surface area contributed by atoms with Gasteiger partial charge in [0.1, 0.15) is 5.82 Å². The van der Waals surface area contributed by atoms with Gasteiger partial charge in [-0.05, 0) is 30.5 Å². The number of carbonyl (C=O) groups is 1. The second-order valence-electron chi connectivity index (χ2n) is 5.18. The zero-order valence-electron chi connectivity index (χ0n) is 11.3. The quantitative estimate of drug-likeness (QED) is 0.569. The lowest BCUT2D eigenvalue weighted by Gasteiger charge is -2.25. The summed E-state index contributed by atoms with van der Waals surface area (Å²) < 4.78 is 51.8. The Morgan fingerprint density at radius 1 is 1.43 bits per heavy atom. The zero-order chi connectivity index (χ0) is 15.8. The van der Waals surface area contributed by atoms with Crippen molar-refractivity contribution in [1.82, 2.24) is 4.90 Å². The summed E-state index contributed by atoms with van der Waals surface area (Å²) in [7, 11) is 0. The third-order valence-corrected chi connectivity index (χ3v) is 4.49. The van der Waals surface area contributed by atoms with Crippen molar-refractivity contribution >= 4 is 21.8 Å². The molecule has 2 nitrogen and oxygen atoms in total. The van der Waals surface area contributed by atoms with Gasteiger partial charge in [0.2, 0.25) is 0 Å². The van der Waals surface area contributed by atoms with Gasteiger partial charge in [0, 0.05) is 17.9 Å². The molecule has 1 aliphatic heterocycles. The van der Waals surface area contributed by atoms with Gasteiger partial charge < -0.3 is 4.90 Å². The molecule has 1 aromatic carbocycles. The van der Waals surface area contributed by atoms with Crippen molar-refractivity contribution in [1.29, 1.82) is 0 Å². The maximum Gasteiger partial charge on any atom is 0.416 e. The van der Waals surface area contributed by atoms with Crippen molar-refractivity contribution in [2.45, 2.75) is 25.6 Å². The molecule has 1 amide bonds. The average molecular weight is 368 g/mol.